The SMILES string of the molecule is O=C1NCCCCC1OS(=O)(=O)c1ccccc1. The molecule has 1 amide bonds. The van der Waals surface area contributed by atoms with Crippen molar-refractivity contribution in [3.05, 3.63) is 30.3 Å². The number of hydrogen-bond donors (Lipinski definition) is 1. The molecular weight excluding hydrogens is 254 g/mol. The van der Waals surface area contributed by atoms with E-state index >= 15 is 0 Å². The molecule has 1 aliphatic heterocycles. The second kappa shape index (κ2) is 5.49. The third-order valence-corrected chi connectivity index (χ3v) is 4.09. The summed E-state index contributed by atoms with van der Waals surface area (Å²) in [6.07, 6.45) is 1.13. The lowest BCUT2D eigenvalue weighted by molar-refractivity contribution is -0.127. The zero-order chi connectivity index (χ0) is 13.0. The second-order valence-electron chi connectivity index (χ2n) is 4.14. The van der Waals surface area contributed by atoms with Crippen LogP contribution in [-0.2, 0) is 19.1 Å². The molecule has 1 saturated heterocycles. The van der Waals surface area contributed by atoms with Gasteiger partial charge in [-0.15, -0.1) is 0 Å². The van der Waals surface area contributed by atoms with Crippen LogP contribution in [0.5, 0.6) is 0 Å². The van der Waals surface area contributed by atoms with Gasteiger partial charge >= 0.3 is 0 Å². The van der Waals surface area contributed by atoms with E-state index in [2.05, 4.69) is 5.32 Å². The van der Waals surface area contributed by atoms with Gasteiger partial charge in [-0.25, -0.2) is 0 Å². The van der Waals surface area contributed by atoms with Crippen molar-refractivity contribution in [2.24, 2.45) is 0 Å². The molecule has 1 heterocycles. The molecule has 98 valence electrons. The van der Waals surface area contributed by atoms with Gasteiger partial charge in [-0.2, -0.15) is 8.42 Å². The monoisotopic (exact) mass is 269 g/mol. The Morgan fingerprint density at radius 2 is 1.89 bits per heavy atom. The summed E-state index contributed by atoms with van der Waals surface area (Å²) in [5.41, 5.74) is 0. The van der Waals surface area contributed by atoms with Gasteiger partial charge in [-0.1, -0.05) is 18.2 Å². The fraction of sp³-hybridized carbons (Fsp3) is 0.417. The summed E-state index contributed by atoms with van der Waals surface area (Å²) in [4.78, 5) is 11.7. The molecule has 1 aromatic rings. The highest BCUT2D eigenvalue weighted by atomic mass is 32.2. The minimum absolute atomic E-state index is 0.0713. The largest absolute Gasteiger partial charge is 0.354 e. The molecule has 2 rings (SSSR count). The highest BCUT2D eigenvalue weighted by Gasteiger charge is 2.28. The Morgan fingerprint density at radius 3 is 2.61 bits per heavy atom. The minimum atomic E-state index is -3.87. The zero-order valence-corrected chi connectivity index (χ0v) is 10.7. The van der Waals surface area contributed by atoms with Gasteiger partial charge in [0, 0.05) is 6.54 Å². The van der Waals surface area contributed by atoms with Gasteiger partial charge in [0.15, 0.2) is 6.10 Å². The zero-order valence-electron chi connectivity index (χ0n) is 9.83. The number of nitrogens with one attached hydrogen (secondary N) is 1. The van der Waals surface area contributed by atoms with Gasteiger partial charge in [0.1, 0.15) is 0 Å². The number of hydrogen-bond acceptors (Lipinski definition) is 4. The summed E-state index contributed by atoms with van der Waals surface area (Å²) >= 11 is 0. The van der Waals surface area contributed by atoms with Crippen molar-refractivity contribution < 1.29 is 17.4 Å². The lowest BCUT2D eigenvalue weighted by atomic mass is 10.2. The quantitative estimate of drug-likeness (QED) is 0.833. The van der Waals surface area contributed by atoms with E-state index in [-0.39, 0.29) is 10.8 Å². The predicted molar refractivity (Wildman–Crippen MR) is 65.4 cm³/mol. The lowest BCUT2D eigenvalue weighted by Crippen LogP contribution is -2.36. The first kappa shape index (κ1) is 13.0. The number of carbonyl (C=O) groups excluding carboxylic acids is 1. The van der Waals surface area contributed by atoms with E-state index in [1.54, 1.807) is 18.2 Å². The molecule has 1 aliphatic rings. The van der Waals surface area contributed by atoms with Crippen molar-refractivity contribution in [1.29, 1.82) is 0 Å². The molecule has 0 aromatic heterocycles. The van der Waals surface area contributed by atoms with E-state index in [4.69, 9.17) is 4.18 Å². The summed E-state index contributed by atoms with van der Waals surface area (Å²) in [6, 6.07) is 7.85. The molecule has 5 nitrogen and oxygen atoms in total. The Bertz CT molecular complexity index is 512. The molecule has 0 aliphatic carbocycles. The maximum absolute atomic E-state index is 12.0. The van der Waals surface area contributed by atoms with E-state index in [0.29, 0.717) is 13.0 Å². The fourth-order valence-corrected chi connectivity index (χ4v) is 2.89. The highest BCUT2D eigenvalue weighted by molar-refractivity contribution is 7.86. The molecule has 1 aromatic carbocycles. The maximum Gasteiger partial charge on any atom is 0.297 e. The van der Waals surface area contributed by atoms with Crippen LogP contribution in [-0.4, -0.2) is 27.0 Å². The number of carbonyl (C=O) groups is 1. The van der Waals surface area contributed by atoms with E-state index in [1.165, 1.54) is 12.1 Å². The first-order valence-corrected chi connectivity index (χ1v) is 7.26. The minimum Gasteiger partial charge on any atom is -0.354 e. The van der Waals surface area contributed by atoms with Crippen LogP contribution in [0.4, 0.5) is 0 Å². The Balaban J connectivity index is 2.15. The first-order valence-electron chi connectivity index (χ1n) is 5.86. The Kier molecular flexibility index (Phi) is 3.98. The van der Waals surface area contributed by atoms with Crippen LogP contribution in [0.3, 0.4) is 0 Å². The summed E-state index contributed by atoms with van der Waals surface area (Å²) < 4.78 is 28.9. The van der Waals surface area contributed by atoms with Crippen LogP contribution in [0, 0.1) is 0 Å². The molecule has 1 N–H and O–H groups in total. The van der Waals surface area contributed by atoms with Crippen LogP contribution in [0.25, 0.3) is 0 Å². The molecule has 1 unspecified atom stereocenters. The Hall–Kier alpha value is -1.40. The second-order valence-corrected chi connectivity index (χ2v) is 5.71. The van der Waals surface area contributed by atoms with Gasteiger partial charge < -0.3 is 5.32 Å². The number of rotatable bonds is 3. The standard InChI is InChI=1S/C12H15NO4S/c14-12-11(8-4-5-9-13-12)17-18(15,16)10-6-2-1-3-7-10/h1-3,6-7,11H,4-5,8-9H2,(H,13,14). The molecule has 1 atom stereocenters. The third kappa shape index (κ3) is 3.08. The Morgan fingerprint density at radius 1 is 1.17 bits per heavy atom. The molecule has 0 saturated carbocycles. The Labute approximate surface area is 106 Å². The van der Waals surface area contributed by atoms with Gasteiger partial charge in [-0.3, -0.25) is 8.98 Å². The summed E-state index contributed by atoms with van der Waals surface area (Å²) in [5, 5.41) is 2.64. The topological polar surface area (TPSA) is 72.5 Å². The summed E-state index contributed by atoms with van der Waals surface area (Å²) in [5.74, 6) is -0.355. The average Bonchev–Trinajstić information content (AvgIpc) is 2.56. The molecule has 0 bridgehead atoms. The molecule has 18 heavy (non-hydrogen) atoms. The van der Waals surface area contributed by atoms with Crippen molar-refractivity contribution in [2.75, 3.05) is 6.54 Å². The molecule has 0 radical (unpaired) electrons. The summed E-state index contributed by atoms with van der Waals surface area (Å²) in [7, 11) is -3.87. The van der Waals surface area contributed by atoms with Gasteiger partial charge in [0.05, 0.1) is 4.90 Å². The van der Waals surface area contributed by atoms with Gasteiger partial charge in [0.2, 0.25) is 0 Å². The van der Waals surface area contributed by atoms with E-state index < -0.39 is 16.2 Å². The van der Waals surface area contributed by atoms with Crippen LogP contribution < -0.4 is 5.32 Å². The van der Waals surface area contributed by atoms with Crippen molar-refractivity contribution in [3.8, 4) is 0 Å². The van der Waals surface area contributed by atoms with Crippen LogP contribution >= 0.6 is 0 Å². The van der Waals surface area contributed by atoms with Crippen LogP contribution in [0.2, 0.25) is 0 Å². The first-order chi connectivity index (χ1) is 8.59. The van der Waals surface area contributed by atoms with Gasteiger partial charge in [0.25, 0.3) is 16.0 Å². The van der Waals surface area contributed by atoms with Crippen molar-refractivity contribution in [1.82, 2.24) is 5.32 Å². The third-order valence-electron chi connectivity index (χ3n) is 2.76. The molecule has 0 spiro atoms. The van der Waals surface area contributed by atoms with E-state index in [9.17, 15) is 13.2 Å². The predicted octanol–water partition coefficient (Wildman–Crippen LogP) is 1.06. The van der Waals surface area contributed by atoms with Gasteiger partial charge in [-0.05, 0) is 31.4 Å². The van der Waals surface area contributed by atoms with Crippen LogP contribution in [0.15, 0.2) is 35.2 Å². The van der Waals surface area contributed by atoms with Crippen molar-refractivity contribution in [2.45, 2.75) is 30.3 Å². The smallest absolute Gasteiger partial charge is 0.297 e. The summed E-state index contributed by atoms with van der Waals surface area (Å²) in [6.45, 7) is 0.573. The van der Waals surface area contributed by atoms with E-state index in [0.717, 1.165) is 12.8 Å². The van der Waals surface area contributed by atoms with Crippen molar-refractivity contribution in [3.63, 3.8) is 0 Å². The normalized spacial score (nSPS) is 21.1. The molecule has 1 fully saturated rings. The maximum atomic E-state index is 12.0. The highest BCUT2D eigenvalue weighted by Crippen LogP contribution is 2.17. The van der Waals surface area contributed by atoms with Crippen LogP contribution in [0.1, 0.15) is 19.3 Å². The average molecular weight is 269 g/mol. The van der Waals surface area contributed by atoms with E-state index in [1.807, 2.05) is 0 Å². The van der Waals surface area contributed by atoms with Crippen molar-refractivity contribution >= 4 is 16.0 Å². The number of benzene rings is 1. The lowest BCUT2D eigenvalue weighted by Gasteiger charge is -2.13. The number of amides is 1. The molecule has 6 heteroatoms. The fourth-order valence-electron chi connectivity index (χ4n) is 1.80. The molecular formula is C12H15NO4S.